The summed E-state index contributed by atoms with van der Waals surface area (Å²) in [5.41, 5.74) is 0. The zero-order valence-corrected chi connectivity index (χ0v) is 13.5. The number of nitrogens with zero attached hydrogens (tertiary/aromatic N) is 1. The maximum Gasteiger partial charge on any atom is 0.244 e. The average Bonchev–Trinajstić information content (AvgIpc) is 3.02. The first-order valence-electron chi connectivity index (χ1n) is 7.57. The highest BCUT2D eigenvalue weighted by atomic mass is 35.5. The largest absolute Gasteiger partial charge is 0.314 e. The molecule has 0 spiro atoms. The molecular weight excluding hydrogens is 308 g/mol. The Kier molecular flexibility index (Phi) is 4.54. The molecule has 2 aliphatic heterocycles. The molecule has 21 heavy (non-hydrogen) atoms. The summed E-state index contributed by atoms with van der Waals surface area (Å²) in [7, 11) is -3.48. The standard InChI is InChI=1S/C15H21ClN2O2S/c16-13-6-1-2-8-15(13)21(19,20)18-10-4-5-12(11-18)14-7-3-9-17-14/h1-2,6,8,12,14,17H,3-5,7,9-11H2. The minimum Gasteiger partial charge on any atom is -0.314 e. The first-order valence-corrected chi connectivity index (χ1v) is 9.39. The Bertz CT molecular complexity index is 599. The molecule has 2 fully saturated rings. The fourth-order valence-electron chi connectivity index (χ4n) is 3.43. The molecule has 0 aliphatic carbocycles. The number of halogens is 1. The van der Waals surface area contributed by atoms with Crippen LogP contribution in [0.15, 0.2) is 29.2 Å². The molecular formula is C15H21ClN2O2S. The minimum absolute atomic E-state index is 0.228. The monoisotopic (exact) mass is 328 g/mol. The number of hydrogen-bond acceptors (Lipinski definition) is 3. The van der Waals surface area contributed by atoms with Crippen LogP contribution in [-0.4, -0.2) is 38.4 Å². The lowest BCUT2D eigenvalue weighted by molar-refractivity contribution is 0.226. The van der Waals surface area contributed by atoms with Gasteiger partial charge in [-0.05, 0) is 50.3 Å². The first kappa shape index (κ1) is 15.3. The maximum absolute atomic E-state index is 12.8. The van der Waals surface area contributed by atoms with Gasteiger partial charge >= 0.3 is 0 Å². The molecule has 2 unspecified atom stereocenters. The Morgan fingerprint density at radius 1 is 1.19 bits per heavy atom. The van der Waals surface area contributed by atoms with E-state index in [4.69, 9.17) is 11.6 Å². The minimum atomic E-state index is -3.48. The second kappa shape index (κ2) is 6.24. The van der Waals surface area contributed by atoms with Crippen molar-refractivity contribution in [3.63, 3.8) is 0 Å². The van der Waals surface area contributed by atoms with E-state index in [0.717, 1.165) is 25.8 Å². The zero-order valence-electron chi connectivity index (χ0n) is 12.0. The van der Waals surface area contributed by atoms with E-state index in [0.29, 0.717) is 30.1 Å². The fourth-order valence-corrected chi connectivity index (χ4v) is 5.46. The summed E-state index contributed by atoms with van der Waals surface area (Å²) in [6, 6.07) is 7.17. The molecule has 1 aromatic carbocycles. The van der Waals surface area contributed by atoms with Gasteiger partial charge in [-0.25, -0.2) is 8.42 Å². The van der Waals surface area contributed by atoms with Crippen LogP contribution in [0.1, 0.15) is 25.7 Å². The Morgan fingerprint density at radius 3 is 2.71 bits per heavy atom. The molecule has 2 saturated heterocycles. The predicted octanol–water partition coefficient (Wildman–Crippen LogP) is 2.49. The topological polar surface area (TPSA) is 49.4 Å². The van der Waals surface area contributed by atoms with E-state index in [2.05, 4.69) is 5.32 Å². The lowest BCUT2D eigenvalue weighted by Crippen LogP contribution is -2.45. The second-order valence-corrected chi connectivity index (χ2v) is 8.21. The highest BCUT2D eigenvalue weighted by Gasteiger charge is 2.35. The summed E-state index contributed by atoms with van der Waals surface area (Å²) >= 11 is 6.07. The van der Waals surface area contributed by atoms with Gasteiger partial charge in [0.25, 0.3) is 0 Å². The van der Waals surface area contributed by atoms with Crippen molar-refractivity contribution in [2.75, 3.05) is 19.6 Å². The first-order chi connectivity index (χ1) is 10.1. The Labute approximate surface area is 131 Å². The van der Waals surface area contributed by atoms with Gasteiger partial charge in [-0.2, -0.15) is 4.31 Å². The highest BCUT2D eigenvalue weighted by Crippen LogP contribution is 2.30. The zero-order chi connectivity index (χ0) is 14.9. The molecule has 4 nitrogen and oxygen atoms in total. The third-order valence-corrected chi connectivity index (χ3v) is 6.91. The van der Waals surface area contributed by atoms with Crippen LogP contribution in [0.3, 0.4) is 0 Å². The Hall–Kier alpha value is -0.620. The van der Waals surface area contributed by atoms with Crippen molar-refractivity contribution in [2.45, 2.75) is 36.6 Å². The molecule has 6 heteroatoms. The molecule has 0 aromatic heterocycles. The summed E-state index contributed by atoms with van der Waals surface area (Å²) in [6.45, 7) is 2.25. The van der Waals surface area contributed by atoms with Gasteiger partial charge in [-0.1, -0.05) is 23.7 Å². The van der Waals surface area contributed by atoms with Gasteiger partial charge in [0.15, 0.2) is 0 Å². The third kappa shape index (κ3) is 3.11. The van der Waals surface area contributed by atoms with Crippen LogP contribution in [0.2, 0.25) is 5.02 Å². The summed E-state index contributed by atoms with van der Waals surface area (Å²) in [4.78, 5) is 0.228. The molecule has 0 saturated carbocycles. The van der Waals surface area contributed by atoms with Crippen LogP contribution in [0.4, 0.5) is 0 Å². The van der Waals surface area contributed by atoms with E-state index in [1.54, 1.807) is 28.6 Å². The SMILES string of the molecule is O=S(=O)(c1ccccc1Cl)N1CCCC(C2CCCN2)C1. The van der Waals surface area contributed by atoms with Crippen molar-refractivity contribution in [1.82, 2.24) is 9.62 Å². The number of nitrogens with one attached hydrogen (secondary N) is 1. The van der Waals surface area contributed by atoms with Gasteiger partial charge in [0.1, 0.15) is 4.90 Å². The molecule has 1 N–H and O–H groups in total. The number of benzene rings is 1. The van der Waals surface area contributed by atoms with E-state index in [1.165, 1.54) is 6.42 Å². The van der Waals surface area contributed by atoms with Crippen molar-refractivity contribution in [1.29, 1.82) is 0 Å². The number of sulfonamides is 1. The third-order valence-electron chi connectivity index (χ3n) is 4.54. The van der Waals surface area contributed by atoms with Gasteiger partial charge in [-0.3, -0.25) is 0 Å². The predicted molar refractivity (Wildman–Crippen MR) is 84.0 cm³/mol. The van der Waals surface area contributed by atoms with Crippen LogP contribution in [0.5, 0.6) is 0 Å². The fraction of sp³-hybridized carbons (Fsp3) is 0.600. The van der Waals surface area contributed by atoms with Crippen LogP contribution >= 0.6 is 11.6 Å². The molecule has 116 valence electrons. The van der Waals surface area contributed by atoms with E-state index < -0.39 is 10.0 Å². The lowest BCUT2D eigenvalue weighted by Gasteiger charge is -2.35. The Balaban J connectivity index is 1.80. The van der Waals surface area contributed by atoms with Crippen molar-refractivity contribution >= 4 is 21.6 Å². The number of rotatable bonds is 3. The highest BCUT2D eigenvalue weighted by molar-refractivity contribution is 7.89. The summed E-state index contributed by atoms with van der Waals surface area (Å²) in [5.74, 6) is 0.415. The second-order valence-electron chi connectivity index (χ2n) is 5.90. The molecule has 0 amide bonds. The van der Waals surface area contributed by atoms with Gasteiger partial charge < -0.3 is 5.32 Å². The smallest absolute Gasteiger partial charge is 0.244 e. The van der Waals surface area contributed by atoms with Gasteiger partial charge in [0, 0.05) is 19.1 Å². The van der Waals surface area contributed by atoms with Crippen LogP contribution in [0.25, 0.3) is 0 Å². The quantitative estimate of drug-likeness (QED) is 0.927. The van der Waals surface area contributed by atoms with Gasteiger partial charge in [0.2, 0.25) is 10.0 Å². The van der Waals surface area contributed by atoms with E-state index in [1.807, 2.05) is 0 Å². The van der Waals surface area contributed by atoms with Crippen molar-refractivity contribution < 1.29 is 8.42 Å². The lowest BCUT2D eigenvalue weighted by atomic mass is 9.91. The number of hydrogen-bond donors (Lipinski definition) is 1. The normalized spacial score (nSPS) is 27.9. The van der Waals surface area contributed by atoms with Gasteiger partial charge in [-0.15, -0.1) is 0 Å². The summed E-state index contributed by atoms with van der Waals surface area (Å²) in [6.07, 6.45) is 4.38. The molecule has 0 bridgehead atoms. The number of piperidine rings is 1. The molecule has 0 radical (unpaired) electrons. The maximum atomic E-state index is 12.8. The van der Waals surface area contributed by atoms with Crippen LogP contribution in [-0.2, 0) is 10.0 Å². The molecule has 2 atom stereocenters. The molecule has 2 heterocycles. The van der Waals surface area contributed by atoms with Crippen molar-refractivity contribution in [2.24, 2.45) is 5.92 Å². The van der Waals surface area contributed by atoms with E-state index >= 15 is 0 Å². The van der Waals surface area contributed by atoms with Crippen LogP contribution in [0, 0.1) is 5.92 Å². The summed E-state index contributed by atoms with van der Waals surface area (Å²) in [5, 5.41) is 3.81. The van der Waals surface area contributed by atoms with Crippen LogP contribution < -0.4 is 5.32 Å². The summed E-state index contributed by atoms with van der Waals surface area (Å²) < 4.78 is 27.2. The molecule has 3 rings (SSSR count). The average molecular weight is 329 g/mol. The molecule has 1 aromatic rings. The van der Waals surface area contributed by atoms with Gasteiger partial charge in [0.05, 0.1) is 5.02 Å². The van der Waals surface area contributed by atoms with E-state index in [9.17, 15) is 8.42 Å². The van der Waals surface area contributed by atoms with Crippen molar-refractivity contribution in [3.05, 3.63) is 29.3 Å². The van der Waals surface area contributed by atoms with Crippen molar-refractivity contribution in [3.8, 4) is 0 Å². The Morgan fingerprint density at radius 2 is 2.00 bits per heavy atom. The van der Waals surface area contributed by atoms with E-state index in [-0.39, 0.29) is 4.90 Å². The molecule has 2 aliphatic rings.